The fourth-order valence-electron chi connectivity index (χ4n) is 1.34. The van der Waals surface area contributed by atoms with E-state index < -0.39 is 5.91 Å². The van der Waals surface area contributed by atoms with Crippen LogP contribution in [-0.4, -0.2) is 12.5 Å². The molecule has 0 fully saturated rings. The third-order valence-corrected chi connectivity index (χ3v) is 2.37. The molecule has 18 heavy (non-hydrogen) atoms. The topological polar surface area (TPSA) is 62.1 Å². The molecule has 5 heteroatoms. The molecular weight excluding hydrogens is 252 g/mol. The Morgan fingerprint density at radius 2 is 2.28 bits per heavy atom. The number of benzene rings is 1. The van der Waals surface area contributed by atoms with E-state index in [1.807, 2.05) is 6.07 Å². The molecule has 1 N–H and O–H groups in total. The first kappa shape index (κ1) is 14.1. The second-order valence-electron chi connectivity index (χ2n) is 3.44. The van der Waals surface area contributed by atoms with E-state index in [-0.39, 0.29) is 5.57 Å². The van der Waals surface area contributed by atoms with E-state index in [0.717, 1.165) is 0 Å². The predicted molar refractivity (Wildman–Crippen MR) is 70.0 cm³/mol. The van der Waals surface area contributed by atoms with Crippen LogP contribution < -0.4 is 5.32 Å². The van der Waals surface area contributed by atoms with Gasteiger partial charge in [-0.3, -0.25) is 4.79 Å². The molecule has 0 aromatic heterocycles. The summed E-state index contributed by atoms with van der Waals surface area (Å²) in [5.41, 5.74) is 0.487. The molecule has 0 unspecified atom stereocenters. The van der Waals surface area contributed by atoms with Gasteiger partial charge >= 0.3 is 0 Å². The van der Waals surface area contributed by atoms with Gasteiger partial charge in [0.2, 0.25) is 0 Å². The largest absolute Gasteiger partial charge is 0.497 e. The molecule has 0 saturated carbocycles. The molecule has 0 aliphatic carbocycles. The normalized spacial score (nSPS) is 11.2. The van der Waals surface area contributed by atoms with Gasteiger partial charge in [0.05, 0.1) is 6.61 Å². The number of ether oxygens (including phenoxy) is 1. The highest BCUT2D eigenvalue weighted by atomic mass is 35.5. The van der Waals surface area contributed by atoms with Crippen molar-refractivity contribution < 1.29 is 9.53 Å². The third kappa shape index (κ3) is 3.79. The van der Waals surface area contributed by atoms with Crippen LogP contribution in [0.4, 0.5) is 5.69 Å². The predicted octanol–water partition coefficient (Wildman–Crippen LogP) is 3.11. The van der Waals surface area contributed by atoms with Crippen LogP contribution in [0.1, 0.15) is 13.8 Å². The van der Waals surface area contributed by atoms with Gasteiger partial charge in [-0.05, 0) is 32.0 Å². The van der Waals surface area contributed by atoms with Gasteiger partial charge in [-0.25, -0.2) is 0 Å². The number of carbonyl (C=O) groups is 1. The quantitative estimate of drug-likeness (QED) is 0.516. The maximum atomic E-state index is 11.9. The second kappa shape index (κ2) is 6.67. The van der Waals surface area contributed by atoms with Crippen molar-refractivity contribution in [3.05, 3.63) is 40.6 Å². The fourth-order valence-corrected chi connectivity index (χ4v) is 1.53. The van der Waals surface area contributed by atoms with Crippen LogP contribution in [-0.2, 0) is 9.53 Å². The SMILES string of the molecule is CCOC(C)=C(C#N)C(=O)Nc1cccc(Cl)c1. The Labute approximate surface area is 111 Å². The zero-order valence-electron chi connectivity index (χ0n) is 10.2. The summed E-state index contributed by atoms with van der Waals surface area (Å²) in [6.45, 7) is 3.77. The molecule has 1 amide bonds. The standard InChI is InChI=1S/C13H13ClN2O2/c1-3-18-9(2)12(8-15)13(17)16-11-6-4-5-10(14)7-11/h4-7H,3H2,1-2H3,(H,16,17). The van der Waals surface area contributed by atoms with Crippen LogP contribution in [0.25, 0.3) is 0 Å². The molecule has 1 aromatic rings. The number of allylic oxidation sites excluding steroid dienone is 1. The number of nitriles is 1. The van der Waals surface area contributed by atoms with Crippen molar-refractivity contribution in [2.24, 2.45) is 0 Å². The first-order valence-electron chi connectivity index (χ1n) is 5.39. The lowest BCUT2D eigenvalue weighted by atomic mass is 10.2. The van der Waals surface area contributed by atoms with Gasteiger partial charge in [0.15, 0.2) is 5.57 Å². The maximum Gasteiger partial charge on any atom is 0.269 e. The van der Waals surface area contributed by atoms with Crippen molar-refractivity contribution in [3.63, 3.8) is 0 Å². The molecule has 0 atom stereocenters. The zero-order valence-corrected chi connectivity index (χ0v) is 10.9. The smallest absolute Gasteiger partial charge is 0.269 e. The summed E-state index contributed by atoms with van der Waals surface area (Å²) in [6, 6.07) is 8.53. The van der Waals surface area contributed by atoms with Crippen LogP contribution in [0.2, 0.25) is 5.02 Å². The average Bonchev–Trinajstić information content (AvgIpc) is 2.30. The summed E-state index contributed by atoms with van der Waals surface area (Å²) < 4.78 is 5.15. The molecule has 94 valence electrons. The summed E-state index contributed by atoms with van der Waals surface area (Å²) >= 11 is 5.80. The number of rotatable bonds is 4. The van der Waals surface area contributed by atoms with Gasteiger partial charge < -0.3 is 10.1 Å². The first-order chi connectivity index (χ1) is 8.58. The summed E-state index contributed by atoms with van der Waals surface area (Å²) in [5.74, 6) is -0.203. The number of hydrogen-bond acceptors (Lipinski definition) is 3. The molecule has 0 spiro atoms. The molecule has 0 aliphatic rings. The highest BCUT2D eigenvalue weighted by Crippen LogP contribution is 2.16. The molecule has 0 radical (unpaired) electrons. The highest BCUT2D eigenvalue weighted by Gasteiger charge is 2.14. The van der Waals surface area contributed by atoms with Crippen LogP contribution in [0.5, 0.6) is 0 Å². The number of amides is 1. The van der Waals surface area contributed by atoms with Crippen LogP contribution >= 0.6 is 11.6 Å². The van der Waals surface area contributed by atoms with Crippen molar-refractivity contribution in [1.82, 2.24) is 0 Å². The number of halogens is 1. The second-order valence-corrected chi connectivity index (χ2v) is 3.88. The number of carbonyl (C=O) groups excluding carboxylic acids is 1. The Morgan fingerprint density at radius 1 is 1.56 bits per heavy atom. The molecule has 4 nitrogen and oxygen atoms in total. The monoisotopic (exact) mass is 264 g/mol. The van der Waals surface area contributed by atoms with Crippen LogP contribution in [0.3, 0.4) is 0 Å². The number of nitrogens with zero attached hydrogens (tertiary/aromatic N) is 1. The van der Waals surface area contributed by atoms with Crippen molar-refractivity contribution >= 4 is 23.2 Å². The lowest BCUT2D eigenvalue weighted by molar-refractivity contribution is -0.112. The molecular formula is C13H13ClN2O2. The summed E-state index contributed by atoms with van der Waals surface area (Å²) in [5, 5.41) is 12.1. The van der Waals surface area contributed by atoms with E-state index >= 15 is 0 Å². The van der Waals surface area contributed by atoms with Crippen molar-refractivity contribution in [3.8, 4) is 6.07 Å². The van der Waals surface area contributed by atoms with Crippen LogP contribution in [0, 0.1) is 11.3 Å². The molecule has 1 rings (SSSR count). The van der Waals surface area contributed by atoms with Gasteiger partial charge in [0.1, 0.15) is 11.8 Å². The van der Waals surface area contributed by atoms with Crippen molar-refractivity contribution in [2.75, 3.05) is 11.9 Å². The summed E-state index contributed by atoms with van der Waals surface area (Å²) in [6.07, 6.45) is 0. The maximum absolute atomic E-state index is 11.9. The lowest BCUT2D eigenvalue weighted by Crippen LogP contribution is -2.15. The van der Waals surface area contributed by atoms with Crippen molar-refractivity contribution in [2.45, 2.75) is 13.8 Å². The van der Waals surface area contributed by atoms with Gasteiger partial charge in [0, 0.05) is 10.7 Å². The minimum Gasteiger partial charge on any atom is -0.497 e. The molecule has 0 heterocycles. The van der Waals surface area contributed by atoms with Gasteiger partial charge in [0.25, 0.3) is 5.91 Å². The Morgan fingerprint density at radius 3 is 2.83 bits per heavy atom. The Hall–Kier alpha value is -1.99. The number of hydrogen-bond donors (Lipinski definition) is 1. The van der Waals surface area contributed by atoms with Gasteiger partial charge in [-0.2, -0.15) is 5.26 Å². The summed E-state index contributed by atoms with van der Waals surface area (Å²) in [4.78, 5) is 11.9. The van der Waals surface area contributed by atoms with E-state index in [1.54, 1.807) is 38.1 Å². The van der Waals surface area contributed by atoms with E-state index in [4.69, 9.17) is 21.6 Å². The van der Waals surface area contributed by atoms with E-state index in [2.05, 4.69) is 5.32 Å². The Bertz CT molecular complexity index is 518. The Balaban J connectivity index is 2.88. The summed E-state index contributed by atoms with van der Waals surface area (Å²) in [7, 11) is 0. The Kier molecular flexibility index (Phi) is 5.22. The highest BCUT2D eigenvalue weighted by molar-refractivity contribution is 6.31. The molecule has 0 bridgehead atoms. The minimum atomic E-state index is -0.509. The number of anilines is 1. The van der Waals surface area contributed by atoms with Crippen LogP contribution in [0.15, 0.2) is 35.6 Å². The minimum absolute atomic E-state index is 0.0446. The van der Waals surface area contributed by atoms with Gasteiger partial charge in [-0.15, -0.1) is 0 Å². The number of nitrogens with one attached hydrogen (secondary N) is 1. The lowest BCUT2D eigenvalue weighted by Gasteiger charge is -2.08. The fraction of sp³-hybridized carbons (Fsp3) is 0.231. The molecule has 1 aromatic carbocycles. The third-order valence-electron chi connectivity index (χ3n) is 2.13. The van der Waals surface area contributed by atoms with Gasteiger partial charge in [-0.1, -0.05) is 17.7 Å². The van der Waals surface area contributed by atoms with E-state index in [9.17, 15) is 4.79 Å². The molecule has 0 saturated heterocycles. The zero-order chi connectivity index (χ0) is 13.5. The molecule has 0 aliphatic heterocycles. The van der Waals surface area contributed by atoms with E-state index in [1.165, 1.54) is 0 Å². The van der Waals surface area contributed by atoms with E-state index in [0.29, 0.717) is 23.1 Å². The first-order valence-corrected chi connectivity index (χ1v) is 5.77. The average molecular weight is 265 g/mol. The van der Waals surface area contributed by atoms with Crippen molar-refractivity contribution in [1.29, 1.82) is 5.26 Å².